The fourth-order valence-corrected chi connectivity index (χ4v) is 3.13. The number of anilines is 2. The minimum atomic E-state index is -0.177. The van der Waals surface area contributed by atoms with Crippen molar-refractivity contribution in [1.29, 1.82) is 0 Å². The molecule has 0 spiro atoms. The summed E-state index contributed by atoms with van der Waals surface area (Å²) in [6.45, 7) is 3.31. The Bertz CT molecular complexity index is 833. The summed E-state index contributed by atoms with van der Waals surface area (Å²) >= 11 is 5.97. The lowest BCUT2D eigenvalue weighted by Gasteiger charge is -2.12. The van der Waals surface area contributed by atoms with Gasteiger partial charge in [0.1, 0.15) is 0 Å². The number of rotatable bonds is 7. The van der Waals surface area contributed by atoms with E-state index in [1.165, 1.54) is 0 Å². The van der Waals surface area contributed by atoms with E-state index in [1.54, 1.807) is 36.4 Å². The highest BCUT2D eigenvalue weighted by atomic mass is 35.5. The Balaban J connectivity index is 1.46. The quantitative estimate of drug-likeness (QED) is 0.662. The van der Waals surface area contributed by atoms with Crippen LogP contribution in [0.3, 0.4) is 0 Å². The normalized spacial score (nSPS) is 15.9. The van der Waals surface area contributed by atoms with Crippen LogP contribution in [0.4, 0.5) is 11.4 Å². The SMILES string of the molecule is Cc1ccc(Cl)cc1NC(=O)CNc1ccc(C(=O)NCC2CCCO2)cc1. The van der Waals surface area contributed by atoms with E-state index in [0.717, 1.165) is 30.7 Å². The first-order valence-corrected chi connectivity index (χ1v) is 9.69. The van der Waals surface area contributed by atoms with Crippen LogP contribution in [0.25, 0.3) is 0 Å². The lowest BCUT2D eigenvalue weighted by molar-refractivity contribution is -0.114. The third-order valence-corrected chi connectivity index (χ3v) is 4.82. The van der Waals surface area contributed by atoms with Crippen LogP contribution >= 0.6 is 11.6 Å². The molecule has 1 fully saturated rings. The van der Waals surface area contributed by atoms with E-state index in [1.807, 2.05) is 13.0 Å². The summed E-state index contributed by atoms with van der Waals surface area (Å²) in [6.07, 6.45) is 2.15. The van der Waals surface area contributed by atoms with Gasteiger partial charge in [0.05, 0.1) is 12.6 Å². The maximum atomic E-state index is 12.2. The Morgan fingerprint density at radius 3 is 2.68 bits per heavy atom. The minimum absolute atomic E-state index is 0.108. The van der Waals surface area contributed by atoms with E-state index in [2.05, 4.69) is 16.0 Å². The Labute approximate surface area is 169 Å². The molecule has 3 rings (SSSR count). The standard InChI is InChI=1S/C21H24ClN3O3/c1-14-4-7-16(22)11-19(14)25-20(26)13-23-17-8-5-15(6-9-17)21(27)24-12-18-3-2-10-28-18/h4-9,11,18,23H,2-3,10,12-13H2,1H3,(H,24,27)(H,25,26). The summed E-state index contributed by atoms with van der Waals surface area (Å²) in [7, 11) is 0. The van der Waals surface area contributed by atoms with Gasteiger partial charge in [-0.15, -0.1) is 0 Å². The van der Waals surface area contributed by atoms with E-state index in [-0.39, 0.29) is 24.5 Å². The summed E-state index contributed by atoms with van der Waals surface area (Å²) in [4.78, 5) is 24.3. The van der Waals surface area contributed by atoms with Gasteiger partial charge in [0.15, 0.2) is 0 Å². The first-order valence-electron chi connectivity index (χ1n) is 9.31. The topological polar surface area (TPSA) is 79.5 Å². The smallest absolute Gasteiger partial charge is 0.251 e. The molecule has 7 heteroatoms. The van der Waals surface area contributed by atoms with Crippen LogP contribution in [-0.2, 0) is 9.53 Å². The van der Waals surface area contributed by atoms with Gasteiger partial charge in [0.25, 0.3) is 5.91 Å². The highest BCUT2D eigenvalue weighted by Gasteiger charge is 2.16. The number of carbonyl (C=O) groups excluding carboxylic acids is 2. The summed E-state index contributed by atoms with van der Waals surface area (Å²) in [5, 5.41) is 9.34. The third kappa shape index (κ3) is 5.71. The zero-order chi connectivity index (χ0) is 19.9. The van der Waals surface area contributed by atoms with Crippen molar-refractivity contribution in [2.24, 2.45) is 0 Å². The molecule has 1 aliphatic rings. The number of ether oxygens (including phenoxy) is 1. The van der Waals surface area contributed by atoms with Gasteiger partial charge in [-0.05, 0) is 61.7 Å². The second kappa shape index (κ2) is 9.57. The van der Waals surface area contributed by atoms with Crippen molar-refractivity contribution in [3.05, 3.63) is 58.6 Å². The van der Waals surface area contributed by atoms with Crippen molar-refractivity contribution in [2.45, 2.75) is 25.9 Å². The molecule has 2 amide bonds. The highest BCUT2D eigenvalue weighted by Crippen LogP contribution is 2.20. The molecule has 1 aliphatic heterocycles. The lowest BCUT2D eigenvalue weighted by Crippen LogP contribution is -2.31. The molecule has 0 aliphatic carbocycles. The van der Waals surface area contributed by atoms with Crippen molar-refractivity contribution in [3.63, 3.8) is 0 Å². The van der Waals surface area contributed by atoms with Crippen LogP contribution in [0.1, 0.15) is 28.8 Å². The van der Waals surface area contributed by atoms with Crippen molar-refractivity contribution in [1.82, 2.24) is 5.32 Å². The van der Waals surface area contributed by atoms with Crippen molar-refractivity contribution in [2.75, 3.05) is 30.3 Å². The van der Waals surface area contributed by atoms with E-state index in [4.69, 9.17) is 16.3 Å². The average molecular weight is 402 g/mol. The summed E-state index contributed by atoms with van der Waals surface area (Å²) in [6, 6.07) is 12.4. The first kappa shape index (κ1) is 20.2. The van der Waals surface area contributed by atoms with Gasteiger partial charge in [-0.25, -0.2) is 0 Å². The Morgan fingerprint density at radius 1 is 1.18 bits per heavy atom. The van der Waals surface area contributed by atoms with Crippen LogP contribution < -0.4 is 16.0 Å². The molecule has 2 aromatic carbocycles. The average Bonchev–Trinajstić information content (AvgIpc) is 3.21. The van der Waals surface area contributed by atoms with E-state index < -0.39 is 0 Å². The zero-order valence-electron chi connectivity index (χ0n) is 15.8. The van der Waals surface area contributed by atoms with Gasteiger partial charge in [-0.3, -0.25) is 9.59 Å². The number of carbonyl (C=O) groups is 2. The fourth-order valence-electron chi connectivity index (χ4n) is 2.96. The molecule has 148 valence electrons. The number of hydrogen-bond donors (Lipinski definition) is 3. The second-order valence-electron chi connectivity index (χ2n) is 6.78. The molecule has 6 nitrogen and oxygen atoms in total. The first-order chi connectivity index (χ1) is 13.5. The van der Waals surface area contributed by atoms with Crippen LogP contribution in [0, 0.1) is 6.92 Å². The van der Waals surface area contributed by atoms with Crippen molar-refractivity contribution in [3.8, 4) is 0 Å². The predicted molar refractivity (Wildman–Crippen MR) is 111 cm³/mol. The van der Waals surface area contributed by atoms with Crippen LogP contribution in [-0.4, -0.2) is 37.6 Å². The number of benzene rings is 2. The molecule has 0 bridgehead atoms. The number of halogens is 1. The van der Waals surface area contributed by atoms with Gasteiger partial charge in [0.2, 0.25) is 5.91 Å². The maximum Gasteiger partial charge on any atom is 0.251 e. The van der Waals surface area contributed by atoms with Crippen molar-refractivity contribution >= 4 is 34.8 Å². The number of amides is 2. The molecule has 0 saturated carbocycles. The molecule has 3 N–H and O–H groups in total. The van der Waals surface area contributed by atoms with E-state index in [0.29, 0.717) is 22.8 Å². The fraction of sp³-hybridized carbons (Fsp3) is 0.333. The van der Waals surface area contributed by atoms with Gasteiger partial charge in [-0.1, -0.05) is 17.7 Å². The molecule has 1 heterocycles. The van der Waals surface area contributed by atoms with Crippen molar-refractivity contribution < 1.29 is 14.3 Å². The minimum Gasteiger partial charge on any atom is -0.376 e. The van der Waals surface area contributed by atoms with Crippen LogP contribution in [0.15, 0.2) is 42.5 Å². The van der Waals surface area contributed by atoms with Gasteiger partial charge in [-0.2, -0.15) is 0 Å². The molecule has 0 radical (unpaired) electrons. The van der Waals surface area contributed by atoms with E-state index >= 15 is 0 Å². The Hall–Kier alpha value is -2.57. The molecule has 2 aromatic rings. The molecular weight excluding hydrogens is 378 g/mol. The summed E-state index contributed by atoms with van der Waals surface area (Å²) < 4.78 is 5.50. The number of hydrogen-bond acceptors (Lipinski definition) is 4. The van der Waals surface area contributed by atoms with Gasteiger partial charge in [0, 0.05) is 35.1 Å². The Morgan fingerprint density at radius 2 is 1.96 bits per heavy atom. The molecule has 28 heavy (non-hydrogen) atoms. The highest BCUT2D eigenvalue weighted by molar-refractivity contribution is 6.31. The van der Waals surface area contributed by atoms with Gasteiger partial charge < -0.3 is 20.7 Å². The lowest BCUT2D eigenvalue weighted by atomic mass is 10.2. The monoisotopic (exact) mass is 401 g/mol. The van der Waals surface area contributed by atoms with Crippen LogP contribution in [0.5, 0.6) is 0 Å². The third-order valence-electron chi connectivity index (χ3n) is 4.59. The number of aryl methyl sites for hydroxylation is 1. The molecular formula is C21H24ClN3O3. The summed E-state index contributed by atoms with van der Waals surface area (Å²) in [5.74, 6) is -0.306. The molecule has 1 atom stereocenters. The molecule has 1 unspecified atom stereocenters. The van der Waals surface area contributed by atoms with E-state index in [9.17, 15) is 9.59 Å². The molecule has 1 saturated heterocycles. The second-order valence-corrected chi connectivity index (χ2v) is 7.22. The zero-order valence-corrected chi connectivity index (χ0v) is 16.5. The van der Waals surface area contributed by atoms with Gasteiger partial charge >= 0.3 is 0 Å². The summed E-state index contributed by atoms with van der Waals surface area (Å²) in [5.41, 5.74) is 2.96. The number of nitrogens with one attached hydrogen (secondary N) is 3. The van der Waals surface area contributed by atoms with Crippen LogP contribution in [0.2, 0.25) is 5.02 Å². The predicted octanol–water partition coefficient (Wildman–Crippen LogP) is 3.61. The largest absolute Gasteiger partial charge is 0.376 e. The molecule has 0 aromatic heterocycles. The Kier molecular flexibility index (Phi) is 6.90. The maximum absolute atomic E-state index is 12.2.